The summed E-state index contributed by atoms with van der Waals surface area (Å²) in [5.74, 6) is 0.0331. The number of aromatic nitrogens is 2. The molecule has 0 unspecified atom stereocenters. The van der Waals surface area contributed by atoms with E-state index in [0.29, 0.717) is 11.4 Å². The topological polar surface area (TPSA) is 72.0 Å². The van der Waals surface area contributed by atoms with Gasteiger partial charge in [-0.15, -0.1) is 0 Å². The summed E-state index contributed by atoms with van der Waals surface area (Å²) < 4.78 is 28.2. The molecule has 0 amide bonds. The number of anilines is 1. The first-order valence-electron chi connectivity index (χ1n) is 9.11. The van der Waals surface area contributed by atoms with Crippen LogP contribution in [-0.2, 0) is 10.0 Å². The van der Waals surface area contributed by atoms with Gasteiger partial charge < -0.3 is 0 Å². The maximum absolute atomic E-state index is 12.8. The van der Waals surface area contributed by atoms with Crippen LogP contribution >= 0.6 is 0 Å². The van der Waals surface area contributed by atoms with Crippen molar-refractivity contribution in [1.82, 2.24) is 9.97 Å². The fourth-order valence-corrected chi connectivity index (χ4v) is 3.85. The lowest BCUT2D eigenvalue weighted by atomic mass is 10.1. The first-order valence-corrected chi connectivity index (χ1v) is 10.6. The van der Waals surface area contributed by atoms with Crippen LogP contribution in [0.3, 0.4) is 0 Å². The number of hydrogen-bond donors (Lipinski definition) is 1. The van der Waals surface area contributed by atoms with E-state index in [1.54, 1.807) is 24.3 Å². The molecule has 5 nitrogen and oxygen atoms in total. The molecule has 0 saturated carbocycles. The summed E-state index contributed by atoms with van der Waals surface area (Å²) in [7, 11) is -3.80. The maximum Gasteiger partial charge on any atom is 0.264 e. The number of rotatable bonds is 5. The molecule has 1 N–H and O–H groups in total. The molecule has 29 heavy (non-hydrogen) atoms. The molecule has 0 fully saturated rings. The SMILES string of the molecule is Cc1ccc(S(=O)(=O)Nc2nc(-c3ccccc3)cc(-c3ccccc3)n2)cc1. The predicted molar refractivity (Wildman–Crippen MR) is 115 cm³/mol. The molecule has 3 aromatic carbocycles. The van der Waals surface area contributed by atoms with Crippen LogP contribution in [0.25, 0.3) is 22.5 Å². The van der Waals surface area contributed by atoms with E-state index in [0.717, 1.165) is 16.7 Å². The van der Waals surface area contributed by atoms with Crippen molar-refractivity contribution in [3.63, 3.8) is 0 Å². The molecule has 0 atom stereocenters. The van der Waals surface area contributed by atoms with Crippen molar-refractivity contribution in [2.75, 3.05) is 4.72 Å². The number of hydrogen-bond acceptors (Lipinski definition) is 4. The fraction of sp³-hybridized carbons (Fsp3) is 0.0435. The molecule has 4 aromatic rings. The van der Waals surface area contributed by atoms with Gasteiger partial charge in [-0.05, 0) is 25.1 Å². The van der Waals surface area contributed by atoms with Crippen molar-refractivity contribution in [3.05, 3.63) is 96.6 Å². The molecule has 1 heterocycles. The van der Waals surface area contributed by atoms with Crippen molar-refractivity contribution in [2.24, 2.45) is 0 Å². The average Bonchev–Trinajstić information content (AvgIpc) is 2.75. The van der Waals surface area contributed by atoms with Crippen molar-refractivity contribution < 1.29 is 8.42 Å². The number of sulfonamides is 1. The van der Waals surface area contributed by atoms with Crippen molar-refractivity contribution in [1.29, 1.82) is 0 Å². The summed E-state index contributed by atoms with van der Waals surface area (Å²) in [5.41, 5.74) is 4.02. The zero-order valence-corrected chi connectivity index (χ0v) is 16.6. The van der Waals surface area contributed by atoms with E-state index in [1.807, 2.05) is 73.7 Å². The Morgan fingerprint density at radius 2 is 1.17 bits per heavy atom. The van der Waals surface area contributed by atoms with Gasteiger partial charge in [-0.1, -0.05) is 78.4 Å². The molecule has 0 saturated heterocycles. The minimum atomic E-state index is -3.80. The third kappa shape index (κ3) is 4.33. The minimum absolute atomic E-state index is 0.0331. The largest absolute Gasteiger partial charge is 0.264 e. The second-order valence-corrected chi connectivity index (χ2v) is 8.30. The molecule has 6 heteroatoms. The van der Waals surface area contributed by atoms with Gasteiger partial charge in [-0.3, -0.25) is 0 Å². The zero-order chi connectivity index (χ0) is 20.3. The molecular weight excluding hydrogens is 382 g/mol. The fourth-order valence-electron chi connectivity index (χ4n) is 2.90. The maximum atomic E-state index is 12.8. The number of nitrogens with one attached hydrogen (secondary N) is 1. The van der Waals surface area contributed by atoms with E-state index in [4.69, 9.17) is 0 Å². The Morgan fingerprint density at radius 1 is 0.690 bits per heavy atom. The predicted octanol–water partition coefficient (Wildman–Crippen LogP) is 4.92. The lowest BCUT2D eigenvalue weighted by Gasteiger charge is -2.11. The van der Waals surface area contributed by atoms with Gasteiger partial charge in [0, 0.05) is 11.1 Å². The van der Waals surface area contributed by atoms with Gasteiger partial charge in [0.2, 0.25) is 5.95 Å². The summed E-state index contributed by atoms with van der Waals surface area (Å²) in [6, 6.07) is 27.7. The molecule has 0 aliphatic carbocycles. The third-order valence-electron chi connectivity index (χ3n) is 4.42. The summed E-state index contributed by atoms with van der Waals surface area (Å²) in [5, 5.41) is 0. The Bertz CT molecular complexity index is 1170. The van der Waals surface area contributed by atoms with Crippen LogP contribution < -0.4 is 4.72 Å². The van der Waals surface area contributed by atoms with E-state index in [2.05, 4.69) is 14.7 Å². The first-order chi connectivity index (χ1) is 14.0. The van der Waals surface area contributed by atoms with Gasteiger partial charge >= 0.3 is 0 Å². The van der Waals surface area contributed by atoms with Gasteiger partial charge in [-0.2, -0.15) is 0 Å². The lowest BCUT2D eigenvalue weighted by molar-refractivity contribution is 0.601. The van der Waals surface area contributed by atoms with Gasteiger partial charge in [0.25, 0.3) is 10.0 Å². The first kappa shape index (κ1) is 18.8. The second kappa shape index (κ2) is 7.85. The smallest absolute Gasteiger partial charge is 0.247 e. The van der Waals surface area contributed by atoms with Crippen LogP contribution in [-0.4, -0.2) is 18.4 Å². The van der Waals surface area contributed by atoms with Crippen LogP contribution in [0, 0.1) is 6.92 Å². The Morgan fingerprint density at radius 3 is 1.66 bits per heavy atom. The quantitative estimate of drug-likeness (QED) is 0.515. The number of nitrogens with zero attached hydrogens (tertiary/aromatic N) is 2. The molecule has 1 aromatic heterocycles. The van der Waals surface area contributed by atoms with Crippen LogP contribution in [0.1, 0.15) is 5.56 Å². The summed E-state index contributed by atoms with van der Waals surface area (Å²) in [6.07, 6.45) is 0. The van der Waals surface area contributed by atoms with E-state index >= 15 is 0 Å². The standard InChI is InChI=1S/C23H19N3O2S/c1-17-12-14-20(15-13-17)29(27,28)26-23-24-21(18-8-4-2-5-9-18)16-22(25-23)19-10-6-3-7-11-19/h2-16H,1H3,(H,24,25,26). The third-order valence-corrected chi connectivity index (χ3v) is 5.77. The highest BCUT2D eigenvalue weighted by Gasteiger charge is 2.17. The monoisotopic (exact) mass is 401 g/mol. The van der Waals surface area contributed by atoms with E-state index in [1.165, 1.54) is 0 Å². The molecule has 0 spiro atoms. The van der Waals surface area contributed by atoms with Gasteiger partial charge in [-0.25, -0.2) is 23.1 Å². The van der Waals surface area contributed by atoms with Gasteiger partial charge in [0.15, 0.2) is 0 Å². The Balaban J connectivity index is 1.79. The highest BCUT2D eigenvalue weighted by atomic mass is 32.2. The van der Waals surface area contributed by atoms with Gasteiger partial charge in [0.05, 0.1) is 16.3 Å². The molecule has 0 aliphatic rings. The second-order valence-electron chi connectivity index (χ2n) is 6.61. The highest BCUT2D eigenvalue weighted by Crippen LogP contribution is 2.26. The van der Waals surface area contributed by atoms with Crippen LogP contribution in [0.4, 0.5) is 5.95 Å². The molecule has 144 valence electrons. The van der Waals surface area contributed by atoms with Crippen molar-refractivity contribution >= 4 is 16.0 Å². The van der Waals surface area contributed by atoms with E-state index in [9.17, 15) is 8.42 Å². The molecular formula is C23H19N3O2S. The molecule has 4 rings (SSSR count). The lowest BCUT2D eigenvalue weighted by Crippen LogP contribution is -2.15. The van der Waals surface area contributed by atoms with Crippen molar-refractivity contribution in [2.45, 2.75) is 11.8 Å². The normalized spacial score (nSPS) is 11.2. The average molecular weight is 401 g/mol. The summed E-state index contributed by atoms with van der Waals surface area (Å²) in [6.45, 7) is 1.91. The summed E-state index contributed by atoms with van der Waals surface area (Å²) >= 11 is 0. The number of aryl methyl sites for hydroxylation is 1. The van der Waals surface area contributed by atoms with Crippen molar-refractivity contribution in [3.8, 4) is 22.5 Å². The summed E-state index contributed by atoms with van der Waals surface area (Å²) in [4.78, 5) is 9.08. The molecule has 0 aliphatic heterocycles. The van der Waals surface area contributed by atoms with Crippen LogP contribution in [0.15, 0.2) is 95.9 Å². The number of benzene rings is 3. The minimum Gasteiger partial charge on any atom is -0.247 e. The highest BCUT2D eigenvalue weighted by molar-refractivity contribution is 7.92. The van der Waals surface area contributed by atoms with Gasteiger partial charge in [0.1, 0.15) is 0 Å². The zero-order valence-electron chi connectivity index (χ0n) is 15.8. The van der Waals surface area contributed by atoms with E-state index in [-0.39, 0.29) is 10.8 Å². The van der Waals surface area contributed by atoms with Crippen LogP contribution in [0.5, 0.6) is 0 Å². The Hall–Kier alpha value is -3.51. The Labute approximate surface area is 170 Å². The van der Waals surface area contributed by atoms with E-state index < -0.39 is 10.0 Å². The van der Waals surface area contributed by atoms with Crippen LogP contribution in [0.2, 0.25) is 0 Å². The Kier molecular flexibility index (Phi) is 5.10. The molecule has 0 radical (unpaired) electrons. The molecule has 0 bridgehead atoms.